The van der Waals surface area contributed by atoms with E-state index in [0.717, 1.165) is 25.9 Å². The first kappa shape index (κ1) is 18.7. The van der Waals surface area contributed by atoms with E-state index in [1.54, 1.807) is 6.20 Å². The van der Waals surface area contributed by atoms with Gasteiger partial charge in [0.25, 0.3) is 5.91 Å². The Balaban J connectivity index is 2.06. The average molecular weight is 464 g/mol. The number of rotatable bonds is 6. The number of halogens is 1. The fourth-order valence-electron chi connectivity index (χ4n) is 2.90. The zero-order chi connectivity index (χ0) is 18.7. The van der Waals surface area contributed by atoms with Crippen molar-refractivity contribution >= 4 is 51.0 Å². The fourth-order valence-corrected chi connectivity index (χ4v) is 3.55. The molecule has 136 valence electrons. The maximum Gasteiger partial charge on any atom is 0.255 e. The largest absolute Gasteiger partial charge is 0.396 e. The number of aromatic nitrogens is 2. The number of hydrogen-bond acceptors (Lipinski definition) is 4. The highest BCUT2D eigenvalue weighted by Gasteiger charge is 2.22. The normalized spacial score (nSPS) is 10.9. The Morgan fingerprint density at radius 3 is 2.88 bits per heavy atom. The molecule has 0 unspecified atom stereocenters. The molecule has 1 aromatic carbocycles. The molecule has 0 atom stereocenters. The first-order valence-corrected chi connectivity index (χ1v) is 9.46. The number of fused-ring (bicyclic) bond motifs is 1. The van der Waals surface area contributed by atoms with Crippen molar-refractivity contribution in [1.29, 1.82) is 0 Å². The number of aliphatic hydroxyl groups is 1. The van der Waals surface area contributed by atoms with E-state index in [4.69, 9.17) is 5.11 Å². The Labute approximate surface area is 165 Å². The summed E-state index contributed by atoms with van der Waals surface area (Å²) in [6.45, 7) is 2.50. The van der Waals surface area contributed by atoms with Crippen LogP contribution in [0.2, 0.25) is 0 Å². The zero-order valence-electron chi connectivity index (χ0n) is 14.7. The smallest absolute Gasteiger partial charge is 0.255 e. The van der Waals surface area contributed by atoms with E-state index in [1.807, 2.05) is 42.8 Å². The summed E-state index contributed by atoms with van der Waals surface area (Å²) in [5.74, 6) is 0.521. The number of benzene rings is 1. The van der Waals surface area contributed by atoms with Gasteiger partial charge in [-0.05, 0) is 71.8 Å². The van der Waals surface area contributed by atoms with Crippen LogP contribution in [0.15, 0.2) is 36.5 Å². The number of aryl methyl sites for hydroxylation is 2. The molecule has 0 radical (unpaired) electrons. The monoisotopic (exact) mass is 464 g/mol. The van der Waals surface area contributed by atoms with Crippen LogP contribution in [0.25, 0.3) is 11.0 Å². The lowest BCUT2D eigenvalue weighted by atomic mass is 10.1. The molecule has 3 aromatic rings. The van der Waals surface area contributed by atoms with Crippen molar-refractivity contribution in [3.63, 3.8) is 0 Å². The Hall–Kier alpha value is -2.13. The molecule has 0 spiro atoms. The molecule has 2 heterocycles. The molecule has 26 heavy (non-hydrogen) atoms. The Morgan fingerprint density at radius 2 is 2.15 bits per heavy atom. The average Bonchev–Trinajstić information content (AvgIpc) is 2.90. The third-order valence-corrected chi connectivity index (χ3v) is 4.91. The first-order chi connectivity index (χ1) is 12.5. The minimum atomic E-state index is -0.178. The summed E-state index contributed by atoms with van der Waals surface area (Å²) in [5.41, 5.74) is 3.35. The summed E-state index contributed by atoms with van der Waals surface area (Å²) in [6.07, 6.45) is 2.24. The van der Waals surface area contributed by atoms with Crippen molar-refractivity contribution in [2.75, 3.05) is 18.5 Å². The van der Waals surface area contributed by atoms with Crippen molar-refractivity contribution < 1.29 is 9.90 Å². The van der Waals surface area contributed by atoms with Crippen molar-refractivity contribution in [3.05, 3.63) is 51.2 Å². The summed E-state index contributed by atoms with van der Waals surface area (Å²) in [4.78, 5) is 17.2. The van der Waals surface area contributed by atoms with E-state index in [-0.39, 0.29) is 12.5 Å². The van der Waals surface area contributed by atoms with Gasteiger partial charge in [-0.2, -0.15) is 0 Å². The number of anilines is 2. The second-order valence-electron chi connectivity index (χ2n) is 6.07. The van der Waals surface area contributed by atoms with Crippen molar-refractivity contribution in [3.8, 4) is 0 Å². The second kappa shape index (κ2) is 8.05. The van der Waals surface area contributed by atoms with Gasteiger partial charge in [0, 0.05) is 41.0 Å². The maximum atomic E-state index is 12.8. The summed E-state index contributed by atoms with van der Waals surface area (Å²) in [7, 11) is 1.89. The topological polar surface area (TPSA) is 79.2 Å². The fraction of sp³-hybridized carbons (Fsp3) is 0.263. The van der Waals surface area contributed by atoms with Gasteiger partial charge in [0.2, 0.25) is 0 Å². The molecule has 7 heteroatoms. The number of carbonyl (C=O) groups excluding carboxylic acids is 1. The highest BCUT2D eigenvalue weighted by atomic mass is 127. The number of carbonyl (C=O) groups is 1. The van der Waals surface area contributed by atoms with Gasteiger partial charge in [-0.1, -0.05) is 0 Å². The van der Waals surface area contributed by atoms with E-state index in [1.165, 1.54) is 0 Å². The van der Waals surface area contributed by atoms with Gasteiger partial charge in [-0.25, -0.2) is 4.98 Å². The third-order valence-electron chi connectivity index (χ3n) is 4.23. The van der Waals surface area contributed by atoms with Crippen LogP contribution in [0.1, 0.15) is 22.3 Å². The van der Waals surface area contributed by atoms with Crippen molar-refractivity contribution in [1.82, 2.24) is 14.9 Å². The predicted molar refractivity (Wildman–Crippen MR) is 112 cm³/mol. The van der Waals surface area contributed by atoms with Gasteiger partial charge in [-0.3, -0.25) is 4.79 Å². The molecule has 0 saturated heterocycles. The molecule has 0 aliphatic rings. The quantitative estimate of drug-likeness (QED) is 0.386. The van der Waals surface area contributed by atoms with Crippen LogP contribution in [0.3, 0.4) is 0 Å². The molecule has 0 saturated carbocycles. The Kier molecular flexibility index (Phi) is 5.77. The maximum absolute atomic E-state index is 12.8. The van der Waals surface area contributed by atoms with Gasteiger partial charge in [0.1, 0.15) is 11.5 Å². The van der Waals surface area contributed by atoms with Crippen LogP contribution in [-0.4, -0.2) is 33.7 Å². The van der Waals surface area contributed by atoms with Crippen LogP contribution < -0.4 is 10.6 Å². The molecule has 2 aromatic heterocycles. The SMILES string of the molecule is Cc1cc(I)ccc1Nc1c(C(=O)NCCCO)c2cccnc2n1C. The molecule has 0 bridgehead atoms. The van der Waals surface area contributed by atoms with Crippen LogP contribution >= 0.6 is 22.6 Å². The van der Waals surface area contributed by atoms with Gasteiger partial charge in [0.15, 0.2) is 0 Å². The molecule has 1 amide bonds. The Bertz CT molecular complexity index is 952. The summed E-state index contributed by atoms with van der Waals surface area (Å²) in [5, 5.41) is 16.0. The number of amides is 1. The summed E-state index contributed by atoms with van der Waals surface area (Å²) < 4.78 is 3.06. The molecule has 3 N–H and O–H groups in total. The van der Waals surface area contributed by atoms with E-state index in [9.17, 15) is 4.79 Å². The molecule has 0 fully saturated rings. The lowest BCUT2D eigenvalue weighted by Crippen LogP contribution is -2.25. The zero-order valence-corrected chi connectivity index (χ0v) is 16.9. The predicted octanol–water partition coefficient (Wildman–Crippen LogP) is 3.34. The van der Waals surface area contributed by atoms with Gasteiger partial charge in [-0.15, -0.1) is 0 Å². The van der Waals surface area contributed by atoms with E-state index >= 15 is 0 Å². The summed E-state index contributed by atoms with van der Waals surface area (Å²) >= 11 is 2.28. The lowest BCUT2D eigenvalue weighted by Gasteiger charge is -2.13. The standard InChI is InChI=1S/C19H21IN4O2/c1-12-11-13(20)6-7-15(12)23-18-16(19(26)22-9-4-10-25)14-5-3-8-21-17(14)24(18)2/h3,5-8,11,23,25H,4,9-10H2,1-2H3,(H,22,26). The van der Waals surface area contributed by atoms with Gasteiger partial charge < -0.3 is 20.3 Å². The summed E-state index contributed by atoms with van der Waals surface area (Å²) in [6, 6.07) is 9.85. The molecule has 0 aliphatic heterocycles. The minimum absolute atomic E-state index is 0.0460. The molecular formula is C19H21IN4O2. The van der Waals surface area contributed by atoms with Crippen molar-refractivity contribution in [2.45, 2.75) is 13.3 Å². The Morgan fingerprint density at radius 1 is 1.35 bits per heavy atom. The van der Waals surface area contributed by atoms with Crippen LogP contribution in [0, 0.1) is 10.5 Å². The van der Waals surface area contributed by atoms with Gasteiger partial charge in [0.05, 0.1) is 5.56 Å². The number of hydrogen-bond donors (Lipinski definition) is 3. The minimum Gasteiger partial charge on any atom is -0.396 e. The van der Waals surface area contributed by atoms with Crippen LogP contribution in [0.4, 0.5) is 11.5 Å². The van der Waals surface area contributed by atoms with Crippen LogP contribution in [-0.2, 0) is 7.05 Å². The highest BCUT2D eigenvalue weighted by Crippen LogP contribution is 2.31. The van der Waals surface area contributed by atoms with E-state index in [2.05, 4.69) is 44.3 Å². The molecular weight excluding hydrogens is 443 g/mol. The number of nitrogens with one attached hydrogen (secondary N) is 2. The van der Waals surface area contributed by atoms with Crippen molar-refractivity contribution in [2.24, 2.45) is 7.05 Å². The number of pyridine rings is 1. The van der Waals surface area contributed by atoms with Crippen LogP contribution in [0.5, 0.6) is 0 Å². The van der Waals surface area contributed by atoms with E-state index < -0.39 is 0 Å². The molecule has 0 aliphatic carbocycles. The molecule has 3 rings (SSSR count). The van der Waals surface area contributed by atoms with E-state index in [0.29, 0.717) is 24.3 Å². The second-order valence-corrected chi connectivity index (χ2v) is 7.32. The number of nitrogens with zero attached hydrogens (tertiary/aromatic N) is 2. The van der Waals surface area contributed by atoms with Gasteiger partial charge >= 0.3 is 0 Å². The highest BCUT2D eigenvalue weighted by molar-refractivity contribution is 14.1. The number of aliphatic hydroxyl groups excluding tert-OH is 1. The third kappa shape index (κ3) is 3.68. The lowest BCUT2D eigenvalue weighted by molar-refractivity contribution is 0.0953. The molecule has 6 nitrogen and oxygen atoms in total. The first-order valence-electron chi connectivity index (χ1n) is 8.38.